The van der Waals surface area contributed by atoms with Gasteiger partial charge in [-0.05, 0) is 60.9 Å². The fourth-order valence-electron chi connectivity index (χ4n) is 3.79. The van der Waals surface area contributed by atoms with Gasteiger partial charge < -0.3 is 10.5 Å². The zero-order chi connectivity index (χ0) is 19.0. The second-order valence-electron chi connectivity index (χ2n) is 7.20. The summed E-state index contributed by atoms with van der Waals surface area (Å²) in [5, 5.41) is 16.2. The van der Waals surface area contributed by atoms with Crippen LogP contribution in [0.2, 0.25) is 10.0 Å². The smallest absolute Gasteiger partial charge is 0.233 e. The number of carbonyl (C=O) groups excluding carboxylic acids is 1. The summed E-state index contributed by atoms with van der Waals surface area (Å²) in [5.41, 5.74) is 3.95. The second-order valence-corrected chi connectivity index (χ2v) is 8.01. The molecule has 1 heterocycles. The Kier molecular flexibility index (Phi) is 5.06. The fraction of sp³-hybridized carbons (Fsp3) is 0.350. The standard InChI is InChI=1S/C20H19Cl2N3O2/c21-17-4-2-12(10-18(17)22)16(8-11-1-3-14(7-11)25-27)20(26)24-19-15-9-13(15)5-6-23-19/h2,4-6,10-11,16,27H,1,3,7-9H2,(H,23,24,26)/b25-14-. The zero-order valence-corrected chi connectivity index (χ0v) is 16.1. The van der Waals surface area contributed by atoms with Crippen molar-refractivity contribution in [2.75, 3.05) is 5.32 Å². The Morgan fingerprint density at radius 2 is 2.19 bits per heavy atom. The molecular weight excluding hydrogens is 385 g/mol. The van der Waals surface area contributed by atoms with Crippen molar-refractivity contribution in [3.63, 3.8) is 0 Å². The first-order chi connectivity index (χ1) is 13.0. The number of fused-ring (bicyclic) bond motifs is 1. The van der Waals surface area contributed by atoms with Gasteiger partial charge in [-0.3, -0.25) is 4.79 Å². The molecule has 2 atom stereocenters. The summed E-state index contributed by atoms with van der Waals surface area (Å²) in [4.78, 5) is 17.4. The lowest BCUT2D eigenvalue weighted by Crippen LogP contribution is -2.24. The van der Waals surface area contributed by atoms with Crippen LogP contribution in [0.1, 0.15) is 48.3 Å². The van der Waals surface area contributed by atoms with E-state index in [4.69, 9.17) is 28.4 Å². The lowest BCUT2D eigenvalue weighted by molar-refractivity contribution is -0.118. The molecule has 2 aliphatic rings. The first kappa shape index (κ1) is 18.3. The predicted octanol–water partition coefficient (Wildman–Crippen LogP) is 5.04. The van der Waals surface area contributed by atoms with Gasteiger partial charge in [0.05, 0.1) is 21.7 Å². The molecule has 0 bridgehead atoms. The third-order valence-corrected chi connectivity index (χ3v) is 6.11. The van der Waals surface area contributed by atoms with Crippen LogP contribution in [-0.4, -0.2) is 21.8 Å². The van der Waals surface area contributed by atoms with Crippen molar-refractivity contribution in [2.24, 2.45) is 11.1 Å². The molecule has 2 aliphatic carbocycles. The van der Waals surface area contributed by atoms with E-state index >= 15 is 0 Å². The van der Waals surface area contributed by atoms with E-state index in [1.165, 1.54) is 5.56 Å². The lowest BCUT2D eigenvalue weighted by atomic mass is 9.87. The van der Waals surface area contributed by atoms with Crippen LogP contribution in [0, 0.1) is 5.92 Å². The third kappa shape index (κ3) is 3.94. The Morgan fingerprint density at radius 1 is 1.33 bits per heavy atom. The van der Waals surface area contributed by atoms with Gasteiger partial charge in [0.2, 0.25) is 5.91 Å². The molecule has 2 aromatic rings. The van der Waals surface area contributed by atoms with Gasteiger partial charge in [-0.1, -0.05) is 34.4 Å². The summed E-state index contributed by atoms with van der Waals surface area (Å²) in [6.45, 7) is 0. The Bertz CT molecular complexity index is 929. The molecule has 1 fully saturated rings. The Labute approximate surface area is 167 Å². The topological polar surface area (TPSA) is 74.6 Å². The number of pyridine rings is 1. The number of rotatable bonds is 5. The monoisotopic (exact) mass is 403 g/mol. The van der Waals surface area contributed by atoms with Crippen LogP contribution in [0.15, 0.2) is 35.6 Å². The van der Waals surface area contributed by atoms with Crippen LogP contribution in [0.5, 0.6) is 0 Å². The van der Waals surface area contributed by atoms with Crippen LogP contribution in [0.4, 0.5) is 5.82 Å². The number of nitrogens with one attached hydrogen (secondary N) is 1. The maximum atomic E-state index is 13.1. The number of carbonyl (C=O) groups is 1. The number of amides is 1. The molecular formula is C20H19Cl2N3O2. The number of nitrogens with zero attached hydrogens (tertiary/aromatic N) is 2. The molecule has 1 amide bonds. The van der Waals surface area contributed by atoms with E-state index < -0.39 is 0 Å². The van der Waals surface area contributed by atoms with Gasteiger partial charge in [0, 0.05) is 18.2 Å². The second kappa shape index (κ2) is 7.49. The molecule has 1 saturated carbocycles. The highest BCUT2D eigenvalue weighted by Crippen LogP contribution is 2.37. The fourth-order valence-corrected chi connectivity index (χ4v) is 4.10. The van der Waals surface area contributed by atoms with Crippen molar-refractivity contribution in [1.29, 1.82) is 0 Å². The van der Waals surface area contributed by atoms with Crippen LogP contribution in [0.25, 0.3) is 0 Å². The van der Waals surface area contributed by atoms with Gasteiger partial charge in [0.15, 0.2) is 0 Å². The van der Waals surface area contributed by atoms with Gasteiger partial charge in [-0.25, -0.2) is 4.98 Å². The first-order valence-electron chi connectivity index (χ1n) is 8.97. The van der Waals surface area contributed by atoms with Gasteiger partial charge >= 0.3 is 0 Å². The quantitative estimate of drug-likeness (QED) is 0.462. The maximum absolute atomic E-state index is 13.1. The van der Waals surface area contributed by atoms with Crippen molar-refractivity contribution < 1.29 is 10.0 Å². The molecule has 2 unspecified atom stereocenters. The van der Waals surface area contributed by atoms with E-state index in [0.29, 0.717) is 28.7 Å². The molecule has 5 nitrogen and oxygen atoms in total. The van der Waals surface area contributed by atoms with Gasteiger partial charge in [-0.2, -0.15) is 0 Å². The summed E-state index contributed by atoms with van der Waals surface area (Å²) in [5.74, 6) is 0.450. The molecule has 0 saturated heterocycles. The lowest BCUT2D eigenvalue weighted by Gasteiger charge is -2.20. The largest absolute Gasteiger partial charge is 0.411 e. The number of hydrogen-bond acceptors (Lipinski definition) is 4. The highest BCUT2D eigenvalue weighted by molar-refractivity contribution is 6.42. The van der Waals surface area contributed by atoms with Crippen LogP contribution >= 0.6 is 23.2 Å². The normalized spacial score (nSPS) is 20.4. The molecule has 27 heavy (non-hydrogen) atoms. The Morgan fingerprint density at radius 3 is 2.93 bits per heavy atom. The molecule has 2 N–H and O–H groups in total. The summed E-state index contributed by atoms with van der Waals surface area (Å²) in [7, 11) is 0. The minimum atomic E-state index is -0.376. The van der Waals surface area contributed by atoms with E-state index in [2.05, 4.69) is 15.5 Å². The minimum absolute atomic E-state index is 0.101. The summed E-state index contributed by atoms with van der Waals surface area (Å²) < 4.78 is 0. The van der Waals surface area contributed by atoms with Crippen molar-refractivity contribution in [3.8, 4) is 0 Å². The average Bonchev–Trinajstić information content (AvgIpc) is 3.32. The van der Waals surface area contributed by atoms with E-state index in [1.807, 2.05) is 12.1 Å². The summed E-state index contributed by atoms with van der Waals surface area (Å²) >= 11 is 12.2. The molecule has 0 radical (unpaired) electrons. The van der Waals surface area contributed by atoms with E-state index in [-0.39, 0.29) is 17.7 Å². The maximum Gasteiger partial charge on any atom is 0.233 e. The molecule has 0 spiro atoms. The summed E-state index contributed by atoms with van der Waals surface area (Å²) in [6, 6.07) is 7.29. The highest BCUT2D eigenvalue weighted by atomic mass is 35.5. The van der Waals surface area contributed by atoms with E-state index in [0.717, 1.165) is 36.1 Å². The molecule has 1 aromatic heterocycles. The van der Waals surface area contributed by atoms with Crippen molar-refractivity contribution in [1.82, 2.24) is 4.98 Å². The Hall–Kier alpha value is -2.11. The molecule has 140 valence electrons. The van der Waals surface area contributed by atoms with E-state index in [1.54, 1.807) is 18.3 Å². The van der Waals surface area contributed by atoms with Crippen molar-refractivity contribution >= 4 is 40.6 Å². The van der Waals surface area contributed by atoms with Gasteiger partial charge in [0.1, 0.15) is 5.82 Å². The van der Waals surface area contributed by atoms with Crippen LogP contribution in [-0.2, 0) is 11.2 Å². The number of anilines is 1. The van der Waals surface area contributed by atoms with Gasteiger partial charge in [-0.15, -0.1) is 0 Å². The Balaban J connectivity index is 1.58. The summed E-state index contributed by atoms with van der Waals surface area (Å²) in [6.07, 6.45) is 5.63. The zero-order valence-electron chi connectivity index (χ0n) is 14.6. The minimum Gasteiger partial charge on any atom is -0.411 e. The number of oxime groups is 1. The van der Waals surface area contributed by atoms with Gasteiger partial charge in [0.25, 0.3) is 0 Å². The predicted molar refractivity (Wildman–Crippen MR) is 106 cm³/mol. The molecule has 0 aliphatic heterocycles. The van der Waals surface area contributed by atoms with Crippen LogP contribution < -0.4 is 5.32 Å². The van der Waals surface area contributed by atoms with Crippen molar-refractivity contribution in [2.45, 2.75) is 38.0 Å². The van der Waals surface area contributed by atoms with E-state index in [9.17, 15) is 4.79 Å². The van der Waals surface area contributed by atoms with Crippen LogP contribution in [0.3, 0.4) is 0 Å². The highest BCUT2D eigenvalue weighted by Gasteiger charge is 2.31. The number of hydrogen-bond donors (Lipinski definition) is 2. The number of benzene rings is 1. The molecule has 7 heteroatoms. The SMILES string of the molecule is O=C(Nc1nccc2c1C2)C(CC1CC/C(=N/O)C1)c1ccc(Cl)c(Cl)c1. The molecule has 4 rings (SSSR count). The average molecular weight is 404 g/mol. The number of halogens is 2. The number of aromatic nitrogens is 1. The van der Waals surface area contributed by atoms with Crippen molar-refractivity contribution in [3.05, 3.63) is 57.2 Å². The molecule has 1 aromatic carbocycles. The third-order valence-electron chi connectivity index (χ3n) is 5.38. The first-order valence-corrected chi connectivity index (χ1v) is 9.73.